The van der Waals surface area contributed by atoms with Crippen molar-refractivity contribution in [2.45, 2.75) is 0 Å². The van der Waals surface area contributed by atoms with E-state index in [0.29, 0.717) is 0 Å². The van der Waals surface area contributed by atoms with E-state index in [1.165, 1.54) is 27.4 Å². The van der Waals surface area contributed by atoms with Crippen LogP contribution in [0.1, 0.15) is 11.3 Å². The molecule has 2 aromatic carbocycles. The first-order chi connectivity index (χ1) is 9.90. The minimum atomic E-state index is 1.12. The van der Waals surface area contributed by atoms with Gasteiger partial charge in [0.05, 0.1) is 0 Å². The first kappa shape index (κ1) is 11.1. The molecule has 0 aliphatic carbocycles. The zero-order valence-electron chi connectivity index (χ0n) is 10.9. The number of aromatic amines is 2. The molecule has 0 radical (unpaired) electrons. The first-order valence-electron chi connectivity index (χ1n) is 6.72. The predicted molar refractivity (Wildman–Crippen MR) is 85.5 cm³/mol. The summed E-state index contributed by atoms with van der Waals surface area (Å²) >= 11 is 0. The summed E-state index contributed by atoms with van der Waals surface area (Å²) in [6, 6.07) is 18.9. The summed E-state index contributed by atoms with van der Waals surface area (Å²) in [4.78, 5) is 6.65. The Hall–Kier alpha value is -2.74. The number of fused-ring (bicyclic) bond motifs is 2. The molecule has 96 valence electrons. The van der Waals surface area contributed by atoms with Crippen molar-refractivity contribution in [3.8, 4) is 0 Å². The second kappa shape index (κ2) is 4.42. The highest BCUT2D eigenvalue weighted by atomic mass is 14.7. The molecule has 0 saturated heterocycles. The summed E-state index contributed by atoms with van der Waals surface area (Å²) in [5, 5.41) is 2.49. The molecule has 0 unspecified atom stereocenters. The van der Waals surface area contributed by atoms with E-state index in [1.54, 1.807) is 0 Å². The Morgan fingerprint density at radius 3 is 2.65 bits per heavy atom. The van der Waals surface area contributed by atoms with Crippen molar-refractivity contribution in [3.05, 3.63) is 72.1 Å². The second-order valence-electron chi connectivity index (χ2n) is 4.93. The van der Waals surface area contributed by atoms with E-state index >= 15 is 0 Å². The number of rotatable bonds is 2. The lowest BCUT2D eigenvalue weighted by atomic mass is 10.1. The molecule has 20 heavy (non-hydrogen) atoms. The number of hydrogen-bond donors (Lipinski definition) is 2. The fourth-order valence-corrected chi connectivity index (χ4v) is 2.62. The molecule has 4 rings (SSSR count). The molecule has 2 aromatic heterocycles. The van der Waals surface area contributed by atoms with Crippen LogP contribution in [0.25, 0.3) is 34.0 Å². The third-order valence-corrected chi connectivity index (χ3v) is 3.62. The van der Waals surface area contributed by atoms with E-state index in [2.05, 4.69) is 70.7 Å². The Kier molecular flexibility index (Phi) is 2.46. The van der Waals surface area contributed by atoms with Gasteiger partial charge in [-0.25, -0.2) is 0 Å². The maximum atomic E-state index is 3.41. The molecule has 0 saturated carbocycles. The highest BCUT2D eigenvalue weighted by Crippen LogP contribution is 2.21. The van der Waals surface area contributed by atoms with Gasteiger partial charge < -0.3 is 9.97 Å². The van der Waals surface area contributed by atoms with Crippen LogP contribution in [0.5, 0.6) is 0 Å². The molecule has 0 bridgehead atoms. The number of H-pyrrole nitrogens is 2. The Labute approximate surface area is 116 Å². The van der Waals surface area contributed by atoms with Gasteiger partial charge in [0.1, 0.15) is 0 Å². The van der Waals surface area contributed by atoms with Gasteiger partial charge in [0.2, 0.25) is 0 Å². The average molecular weight is 258 g/mol. The normalized spacial score (nSPS) is 11.8. The van der Waals surface area contributed by atoms with Crippen LogP contribution < -0.4 is 0 Å². The van der Waals surface area contributed by atoms with Gasteiger partial charge in [-0.15, -0.1) is 0 Å². The predicted octanol–water partition coefficient (Wildman–Crippen LogP) is 4.82. The Morgan fingerprint density at radius 1 is 0.800 bits per heavy atom. The highest BCUT2D eigenvalue weighted by molar-refractivity contribution is 5.92. The van der Waals surface area contributed by atoms with Gasteiger partial charge in [-0.3, -0.25) is 0 Å². The van der Waals surface area contributed by atoms with Crippen LogP contribution in [0.3, 0.4) is 0 Å². The van der Waals surface area contributed by atoms with Crippen molar-refractivity contribution in [3.63, 3.8) is 0 Å². The van der Waals surface area contributed by atoms with E-state index < -0.39 is 0 Å². The van der Waals surface area contributed by atoms with Crippen LogP contribution in [-0.4, -0.2) is 9.97 Å². The van der Waals surface area contributed by atoms with Crippen molar-refractivity contribution < 1.29 is 0 Å². The second-order valence-corrected chi connectivity index (χ2v) is 4.93. The summed E-state index contributed by atoms with van der Waals surface area (Å²) in [7, 11) is 0. The third-order valence-electron chi connectivity index (χ3n) is 3.62. The van der Waals surface area contributed by atoms with Gasteiger partial charge in [-0.05, 0) is 41.3 Å². The lowest BCUT2D eigenvalue weighted by Gasteiger charge is -1.96. The van der Waals surface area contributed by atoms with Crippen LogP contribution in [0.2, 0.25) is 0 Å². The standard InChI is InChI=1S/C18H14N2/c1-2-6-17-14(4-1)12-15(20-17)9-8-13-5-3-7-18-16(13)10-11-19-18/h1-12,19-20H. The molecule has 4 aromatic rings. The summed E-state index contributed by atoms with van der Waals surface area (Å²) in [5.74, 6) is 0. The fraction of sp³-hybridized carbons (Fsp3) is 0. The number of nitrogens with one attached hydrogen (secondary N) is 2. The van der Waals surface area contributed by atoms with Gasteiger partial charge in [-0.1, -0.05) is 36.4 Å². The van der Waals surface area contributed by atoms with Crippen LogP contribution in [-0.2, 0) is 0 Å². The SMILES string of the molecule is C(=Cc1cccc2[nH]ccc12)c1cc2ccccc2[nH]1. The van der Waals surface area contributed by atoms with Gasteiger partial charge in [0.15, 0.2) is 0 Å². The quantitative estimate of drug-likeness (QED) is 0.516. The molecule has 0 fully saturated rings. The van der Waals surface area contributed by atoms with E-state index in [1.807, 2.05) is 12.3 Å². The van der Waals surface area contributed by atoms with Crippen molar-refractivity contribution in [2.24, 2.45) is 0 Å². The smallest absolute Gasteiger partial charge is 0.0459 e. The molecular weight excluding hydrogens is 244 g/mol. The summed E-state index contributed by atoms with van der Waals surface area (Å²) in [6.45, 7) is 0. The van der Waals surface area contributed by atoms with Crippen LogP contribution in [0, 0.1) is 0 Å². The van der Waals surface area contributed by atoms with Crippen molar-refractivity contribution in [1.29, 1.82) is 0 Å². The molecular formula is C18H14N2. The number of benzene rings is 2. The summed E-state index contributed by atoms with van der Waals surface area (Å²) < 4.78 is 0. The lowest BCUT2D eigenvalue weighted by Crippen LogP contribution is -1.75. The average Bonchev–Trinajstić information content (AvgIpc) is 3.11. The largest absolute Gasteiger partial charge is 0.361 e. The number of para-hydroxylation sites is 1. The fourth-order valence-electron chi connectivity index (χ4n) is 2.62. The van der Waals surface area contributed by atoms with E-state index in [9.17, 15) is 0 Å². The van der Waals surface area contributed by atoms with Crippen molar-refractivity contribution in [1.82, 2.24) is 9.97 Å². The Bertz CT molecular complexity index is 876. The molecule has 2 nitrogen and oxygen atoms in total. The number of hydrogen-bond acceptors (Lipinski definition) is 0. The maximum Gasteiger partial charge on any atom is 0.0459 e. The Balaban J connectivity index is 1.76. The zero-order valence-corrected chi connectivity index (χ0v) is 10.9. The van der Waals surface area contributed by atoms with Gasteiger partial charge in [0, 0.05) is 28.3 Å². The molecule has 0 aliphatic rings. The minimum absolute atomic E-state index is 1.12. The molecule has 2 heteroatoms. The summed E-state index contributed by atoms with van der Waals surface area (Å²) in [5.41, 5.74) is 4.69. The molecule has 2 heterocycles. The lowest BCUT2D eigenvalue weighted by molar-refractivity contribution is 1.43. The van der Waals surface area contributed by atoms with Crippen molar-refractivity contribution >= 4 is 34.0 Å². The highest BCUT2D eigenvalue weighted by Gasteiger charge is 1.99. The monoisotopic (exact) mass is 258 g/mol. The van der Waals surface area contributed by atoms with E-state index in [4.69, 9.17) is 0 Å². The van der Waals surface area contributed by atoms with Gasteiger partial charge in [-0.2, -0.15) is 0 Å². The van der Waals surface area contributed by atoms with Crippen LogP contribution >= 0.6 is 0 Å². The zero-order chi connectivity index (χ0) is 13.4. The molecule has 0 atom stereocenters. The first-order valence-corrected chi connectivity index (χ1v) is 6.72. The molecule has 0 spiro atoms. The van der Waals surface area contributed by atoms with Crippen molar-refractivity contribution in [2.75, 3.05) is 0 Å². The Morgan fingerprint density at radius 2 is 1.70 bits per heavy atom. The van der Waals surface area contributed by atoms with Gasteiger partial charge >= 0.3 is 0 Å². The van der Waals surface area contributed by atoms with E-state index in [0.717, 1.165) is 5.69 Å². The maximum absolute atomic E-state index is 3.41. The minimum Gasteiger partial charge on any atom is -0.361 e. The van der Waals surface area contributed by atoms with Crippen LogP contribution in [0.15, 0.2) is 60.8 Å². The molecule has 0 aliphatic heterocycles. The van der Waals surface area contributed by atoms with Gasteiger partial charge in [0.25, 0.3) is 0 Å². The third kappa shape index (κ3) is 1.82. The topological polar surface area (TPSA) is 31.6 Å². The summed E-state index contributed by atoms with van der Waals surface area (Å²) in [6.07, 6.45) is 6.26. The number of aromatic nitrogens is 2. The van der Waals surface area contributed by atoms with E-state index in [-0.39, 0.29) is 0 Å². The molecule has 2 N–H and O–H groups in total. The van der Waals surface area contributed by atoms with Crippen LogP contribution in [0.4, 0.5) is 0 Å². The molecule has 0 amide bonds.